The zero-order chi connectivity index (χ0) is 13.6. The third-order valence-electron chi connectivity index (χ3n) is 4.53. The molecule has 0 bridgehead atoms. The minimum atomic E-state index is -0.286. The van der Waals surface area contributed by atoms with Gasteiger partial charge in [0.1, 0.15) is 5.82 Å². The van der Waals surface area contributed by atoms with E-state index >= 15 is 0 Å². The highest BCUT2D eigenvalue weighted by Crippen LogP contribution is 2.43. The van der Waals surface area contributed by atoms with Crippen LogP contribution < -0.4 is 0 Å². The highest BCUT2D eigenvalue weighted by Gasteiger charge is 2.51. The lowest BCUT2D eigenvalue weighted by Crippen LogP contribution is -2.36. The van der Waals surface area contributed by atoms with Crippen molar-refractivity contribution in [3.05, 3.63) is 35.6 Å². The Kier molecular flexibility index (Phi) is 2.86. The van der Waals surface area contributed by atoms with Crippen molar-refractivity contribution < 1.29 is 9.18 Å². The Bertz CT molecular complexity index is 519. The maximum absolute atomic E-state index is 13.4. The molecule has 0 aliphatic carbocycles. The number of carbonyl (C=O) groups is 1. The number of nitrogens with zero attached hydrogens (tertiary/aromatic N) is 2. The average Bonchev–Trinajstić information content (AvgIpc) is 2.90. The first-order chi connectivity index (χ1) is 9.05. The largest absolute Gasteiger partial charge is 0.273 e. The maximum Gasteiger partial charge on any atom is 0.244 e. The number of fused-ring (bicyclic) bond motifs is 1. The number of amides is 1. The van der Waals surface area contributed by atoms with Gasteiger partial charge in [0.2, 0.25) is 5.91 Å². The van der Waals surface area contributed by atoms with E-state index < -0.39 is 0 Å². The van der Waals surface area contributed by atoms with E-state index in [1.54, 1.807) is 12.1 Å². The SMILES string of the molecule is CC[C@@]1(C)CN2CC[C@@H](c3cccc(F)c3)N2C1=O. The lowest BCUT2D eigenvalue weighted by molar-refractivity contribution is -0.142. The van der Waals surface area contributed by atoms with E-state index in [4.69, 9.17) is 0 Å². The lowest BCUT2D eigenvalue weighted by atomic mass is 9.87. The van der Waals surface area contributed by atoms with Crippen molar-refractivity contribution in [1.82, 2.24) is 10.0 Å². The van der Waals surface area contributed by atoms with Gasteiger partial charge in [-0.25, -0.2) is 9.40 Å². The molecule has 2 fully saturated rings. The molecule has 1 amide bonds. The summed E-state index contributed by atoms with van der Waals surface area (Å²) in [5.41, 5.74) is 0.614. The first-order valence-corrected chi connectivity index (χ1v) is 6.89. The van der Waals surface area contributed by atoms with Crippen LogP contribution in [0.4, 0.5) is 4.39 Å². The molecule has 2 saturated heterocycles. The monoisotopic (exact) mass is 262 g/mol. The molecule has 102 valence electrons. The molecule has 0 aromatic heterocycles. The van der Waals surface area contributed by atoms with Crippen LogP contribution in [0.1, 0.15) is 38.3 Å². The number of hydrogen-bond acceptors (Lipinski definition) is 2. The second kappa shape index (κ2) is 4.30. The quantitative estimate of drug-likeness (QED) is 0.818. The van der Waals surface area contributed by atoms with Crippen molar-refractivity contribution in [2.45, 2.75) is 32.7 Å². The van der Waals surface area contributed by atoms with Crippen LogP contribution in [0, 0.1) is 11.2 Å². The Morgan fingerprint density at radius 2 is 2.26 bits per heavy atom. The summed E-state index contributed by atoms with van der Waals surface area (Å²) in [6.45, 7) is 5.74. The minimum Gasteiger partial charge on any atom is -0.273 e. The predicted molar refractivity (Wildman–Crippen MR) is 70.6 cm³/mol. The summed E-state index contributed by atoms with van der Waals surface area (Å²) >= 11 is 0. The van der Waals surface area contributed by atoms with Crippen LogP contribution in [0.3, 0.4) is 0 Å². The van der Waals surface area contributed by atoms with Crippen molar-refractivity contribution in [3.8, 4) is 0 Å². The first-order valence-electron chi connectivity index (χ1n) is 6.89. The number of rotatable bonds is 2. The molecule has 0 saturated carbocycles. The second-order valence-electron chi connectivity index (χ2n) is 5.81. The average molecular weight is 262 g/mol. The van der Waals surface area contributed by atoms with Crippen molar-refractivity contribution in [1.29, 1.82) is 0 Å². The van der Waals surface area contributed by atoms with Gasteiger partial charge in [-0.2, -0.15) is 0 Å². The van der Waals surface area contributed by atoms with E-state index in [2.05, 4.69) is 11.9 Å². The fourth-order valence-corrected chi connectivity index (χ4v) is 3.16. The third kappa shape index (κ3) is 1.86. The summed E-state index contributed by atoms with van der Waals surface area (Å²) in [5.74, 6) is -0.0531. The molecule has 0 N–H and O–H groups in total. The molecule has 2 atom stereocenters. The van der Waals surface area contributed by atoms with Crippen molar-refractivity contribution in [3.63, 3.8) is 0 Å². The van der Waals surface area contributed by atoms with E-state index in [0.717, 1.165) is 31.5 Å². The summed E-state index contributed by atoms with van der Waals surface area (Å²) in [7, 11) is 0. The van der Waals surface area contributed by atoms with Gasteiger partial charge in [0.25, 0.3) is 0 Å². The molecule has 3 nitrogen and oxygen atoms in total. The maximum atomic E-state index is 13.4. The zero-order valence-corrected chi connectivity index (χ0v) is 11.4. The molecule has 1 aromatic carbocycles. The number of benzene rings is 1. The highest BCUT2D eigenvalue weighted by molar-refractivity contribution is 5.84. The highest BCUT2D eigenvalue weighted by atomic mass is 19.1. The van der Waals surface area contributed by atoms with E-state index in [-0.39, 0.29) is 23.2 Å². The predicted octanol–water partition coefficient (Wildman–Crippen LogP) is 2.75. The normalized spacial score (nSPS) is 31.0. The molecule has 1 aromatic rings. The molecule has 3 rings (SSSR count). The van der Waals surface area contributed by atoms with Crippen molar-refractivity contribution in [2.75, 3.05) is 13.1 Å². The molecule has 0 spiro atoms. The summed E-state index contributed by atoms with van der Waals surface area (Å²) in [6, 6.07) is 6.61. The van der Waals surface area contributed by atoms with Gasteiger partial charge in [-0.1, -0.05) is 19.1 Å². The Hall–Kier alpha value is -1.42. The molecule has 2 heterocycles. The summed E-state index contributed by atoms with van der Waals surface area (Å²) in [4.78, 5) is 12.6. The summed E-state index contributed by atoms with van der Waals surface area (Å²) in [6.07, 6.45) is 1.73. The van der Waals surface area contributed by atoms with Gasteiger partial charge >= 0.3 is 0 Å². The van der Waals surface area contributed by atoms with Crippen LogP contribution in [-0.2, 0) is 4.79 Å². The van der Waals surface area contributed by atoms with Crippen molar-refractivity contribution in [2.24, 2.45) is 5.41 Å². The van der Waals surface area contributed by atoms with Crippen LogP contribution in [0.25, 0.3) is 0 Å². The Labute approximate surface area is 113 Å². The number of hydrazine groups is 1. The molecule has 2 aliphatic rings. The van der Waals surface area contributed by atoms with Gasteiger partial charge in [-0.05, 0) is 37.5 Å². The van der Waals surface area contributed by atoms with Crippen LogP contribution >= 0.6 is 0 Å². The van der Waals surface area contributed by atoms with Gasteiger partial charge in [0.05, 0.1) is 11.5 Å². The second-order valence-corrected chi connectivity index (χ2v) is 5.81. The van der Waals surface area contributed by atoms with Gasteiger partial charge in [-0.15, -0.1) is 0 Å². The molecular weight excluding hydrogens is 243 g/mol. The Morgan fingerprint density at radius 1 is 1.47 bits per heavy atom. The van der Waals surface area contributed by atoms with Crippen LogP contribution in [0.2, 0.25) is 0 Å². The van der Waals surface area contributed by atoms with Gasteiger partial charge in [0.15, 0.2) is 0 Å². The smallest absolute Gasteiger partial charge is 0.244 e. The van der Waals surface area contributed by atoms with Gasteiger partial charge < -0.3 is 0 Å². The first kappa shape index (κ1) is 12.6. The minimum absolute atomic E-state index is 0.00317. The van der Waals surface area contributed by atoms with Gasteiger partial charge in [-0.3, -0.25) is 9.80 Å². The van der Waals surface area contributed by atoms with Crippen molar-refractivity contribution >= 4 is 5.91 Å². The molecule has 0 unspecified atom stereocenters. The number of hydrogen-bond donors (Lipinski definition) is 0. The van der Waals surface area contributed by atoms with Crippen LogP contribution in [-0.4, -0.2) is 29.0 Å². The Morgan fingerprint density at radius 3 is 2.95 bits per heavy atom. The number of halogens is 1. The van der Waals surface area contributed by atoms with E-state index in [1.807, 2.05) is 18.0 Å². The fraction of sp³-hybridized carbons (Fsp3) is 0.533. The van der Waals surface area contributed by atoms with Crippen LogP contribution in [0.15, 0.2) is 24.3 Å². The third-order valence-corrected chi connectivity index (χ3v) is 4.53. The lowest BCUT2D eigenvalue weighted by Gasteiger charge is -2.26. The summed E-state index contributed by atoms with van der Waals surface area (Å²) in [5, 5.41) is 3.99. The number of carbonyl (C=O) groups excluding carboxylic acids is 1. The Balaban J connectivity index is 1.92. The molecular formula is C15H19FN2O. The van der Waals surface area contributed by atoms with E-state index in [9.17, 15) is 9.18 Å². The van der Waals surface area contributed by atoms with Crippen LogP contribution in [0.5, 0.6) is 0 Å². The molecule has 4 heteroatoms. The molecule has 19 heavy (non-hydrogen) atoms. The van der Waals surface area contributed by atoms with E-state index in [1.165, 1.54) is 6.07 Å². The summed E-state index contributed by atoms with van der Waals surface area (Å²) < 4.78 is 13.4. The topological polar surface area (TPSA) is 23.6 Å². The van der Waals surface area contributed by atoms with E-state index in [0.29, 0.717) is 0 Å². The fourth-order valence-electron chi connectivity index (χ4n) is 3.16. The molecule has 0 radical (unpaired) electrons. The molecule has 2 aliphatic heterocycles. The standard InChI is InChI=1S/C15H19FN2O/c1-3-15(2)10-17-8-7-13(18(17)14(15)19)11-5-4-6-12(16)9-11/h4-6,9,13H,3,7-8,10H2,1-2H3/t13-,15-/m0/s1. The van der Waals surface area contributed by atoms with Gasteiger partial charge in [0, 0.05) is 13.1 Å². The zero-order valence-electron chi connectivity index (χ0n) is 11.4.